The van der Waals surface area contributed by atoms with Crippen LogP contribution < -0.4 is 10.1 Å². The molecule has 0 spiro atoms. The Labute approximate surface area is 149 Å². The third kappa shape index (κ3) is 3.34. The molecule has 1 atom stereocenters. The van der Waals surface area contributed by atoms with Gasteiger partial charge in [-0.2, -0.15) is 0 Å². The van der Waals surface area contributed by atoms with Crippen molar-refractivity contribution in [1.82, 2.24) is 9.55 Å². The molecular formula is C18H18N4O4. The number of para-hydroxylation sites is 1. The summed E-state index contributed by atoms with van der Waals surface area (Å²) in [7, 11) is 0. The van der Waals surface area contributed by atoms with E-state index in [-0.39, 0.29) is 11.6 Å². The highest BCUT2D eigenvalue weighted by molar-refractivity contribution is 5.95. The molecule has 1 N–H and O–H groups in total. The van der Waals surface area contributed by atoms with Crippen molar-refractivity contribution in [2.45, 2.75) is 19.9 Å². The molecule has 0 saturated heterocycles. The minimum absolute atomic E-state index is 0.0852. The van der Waals surface area contributed by atoms with Crippen molar-refractivity contribution in [2.75, 3.05) is 11.9 Å². The van der Waals surface area contributed by atoms with Gasteiger partial charge in [-0.1, -0.05) is 12.1 Å². The van der Waals surface area contributed by atoms with Crippen LogP contribution in [-0.2, 0) is 4.79 Å². The number of amides is 1. The summed E-state index contributed by atoms with van der Waals surface area (Å²) >= 11 is 0. The standard InChI is InChI=1S/C18H18N4O4/c1-3-26-14-7-4-6-13(10-14)20-18(23)12(2)21-11-19-15-8-5-9-16(17(15)21)22(24)25/h4-12H,3H2,1-2H3,(H,20,23). The smallest absolute Gasteiger partial charge is 0.295 e. The first kappa shape index (κ1) is 17.4. The van der Waals surface area contributed by atoms with Crippen LogP contribution in [0.2, 0.25) is 0 Å². The summed E-state index contributed by atoms with van der Waals surface area (Å²) in [5.41, 5.74) is 1.30. The SMILES string of the molecule is CCOc1cccc(NC(=O)C(C)n2cnc3cccc([N+](=O)[O-])c32)c1. The lowest BCUT2D eigenvalue weighted by Gasteiger charge is -2.15. The highest BCUT2D eigenvalue weighted by atomic mass is 16.6. The number of nitrogens with one attached hydrogen (secondary N) is 1. The first-order valence-electron chi connectivity index (χ1n) is 8.15. The maximum Gasteiger partial charge on any atom is 0.295 e. The van der Waals surface area contributed by atoms with E-state index in [9.17, 15) is 14.9 Å². The molecule has 8 heteroatoms. The van der Waals surface area contributed by atoms with Crippen molar-refractivity contribution in [3.8, 4) is 5.75 Å². The average Bonchev–Trinajstić information content (AvgIpc) is 3.05. The van der Waals surface area contributed by atoms with Crippen LogP contribution in [0.15, 0.2) is 48.8 Å². The first-order chi connectivity index (χ1) is 12.5. The number of nitro groups is 1. The molecule has 2 aromatic carbocycles. The second-order valence-corrected chi connectivity index (χ2v) is 5.68. The van der Waals surface area contributed by atoms with E-state index in [1.807, 2.05) is 6.92 Å². The Hall–Kier alpha value is -3.42. The van der Waals surface area contributed by atoms with Gasteiger partial charge in [0.25, 0.3) is 5.69 Å². The summed E-state index contributed by atoms with van der Waals surface area (Å²) in [4.78, 5) is 27.6. The predicted molar refractivity (Wildman–Crippen MR) is 97.3 cm³/mol. The number of hydrogen-bond donors (Lipinski definition) is 1. The van der Waals surface area contributed by atoms with Crippen LogP contribution in [0.1, 0.15) is 19.9 Å². The molecule has 0 aliphatic rings. The van der Waals surface area contributed by atoms with Gasteiger partial charge in [0.1, 0.15) is 17.3 Å². The minimum atomic E-state index is -0.683. The predicted octanol–water partition coefficient (Wildman–Crippen LogP) is 3.54. The zero-order chi connectivity index (χ0) is 18.7. The number of anilines is 1. The van der Waals surface area contributed by atoms with E-state index in [4.69, 9.17) is 4.74 Å². The number of hydrogen-bond acceptors (Lipinski definition) is 5. The van der Waals surface area contributed by atoms with Crippen molar-refractivity contribution in [2.24, 2.45) is 0 Å². The molecule has 0 saturated carbocycles. The van der Waals surface area contributed by atoms with Crippen LogP contribution in [0.25, 0.3) is 11.0 Å². The molecule has 1 amide bonds. The van der Waals surface area contributed by atoms with Gasteiger partial charge in [0.05, 0.1) is 23.4 Å². The van der Waals surface area contributed by atoms with Gasteiger partial charge < -0.3 is 14.6 Å². The van der Waals surface area contributed by atoms with Gasteiger partial charge in [-0.05, 0) is 32.0 Å². The molecule has 0 radical (unpaired) electrons. The number of aromatic nitrogens is 2. The highest BCUT2D eigenvalue weighted by Gasteiger charge is 2.23. The van der Waals surface area contributed by atoms with Gasteiger partial charge in [0.15, 0.2) is 0 Å². The molecule has 1 aromatic heterocycles. The number of carbonyl (C=O) groups is 1. The Bertz CT molecular complexity index is 967. The largest absolute Gasteiger partial charge is 0.494 e. The van der Waals surface area contributed by atoms with Crippen LogP contribution in [0, 0.1) is 10.1 Å². The van der Waals surface area contributed by atoms with Crippen molar-refractivity contribution >= 4 is 28.3 Å². The second-order valence-electron chi connectivity index (χ2n) is 5.68. The van der Waals surface area contributed by atoms with Gasteiger partial charge in [0.2, 0.25) is 5.91 Å². The number of nitrogens with zero attached hydrogens (tertiary/aromatic N) is 3. The third-order valence-electron chi connectivity index (χ3n) is 3.98. The summed E-state index contributed by atoms with van der Waals surface area (Å²) in [6.45, 7) is 4.07. The van der Waals surface area contributed by atoms with E-state index < -0.39 is 11.0 Å². The maximum atomic E-state index is 12.6. The molecule has 1 unspecified atom stereocenters. The van der Waals surface area contributed by atoms with Crippen molar-refractivity contribution in [3.05, 3.63) is 58.9 Å². The number of ether oxygens (including phenoxy) is 1. The number of benzene rings is 2. The van der Waals surface area contributed by atoms with E-state index in [1.165, 1.54) is 17.0 Å². The molecule has 8 nitrogen and oxygen atoms in total. The molecule has 0 aliphatic heterocycles. The first-order valence-corrected chi connectivity index (χ1v) is 8.15. The van der Waals surface area contributed by atoms with Crippen LogP contribution >= 0.6 is 0 Å². The summed E-state index contributed by atoms with van der Waals surface area (Å²) in [5.74, 6) is 0.345. The number of rotatable bonds is 6. The van der Waals surface area contributed by atoms with Crippen molar-refractivity contribution in [3.63, 3.8) is 0 Å². The molecule has 134 valence electrons. The zero-order valence-corrected chi connectivity index (χ0v) is 14.4. The summed E-state index contributed by atoms with van der Waals surface area (Å²) in [5, 5.41) is 14.1. The molecule has 0 fully saturated rings. The zero-order valence-electron chi connectivity index (χ0n) is 14.4. The van der Waals surface area contributed by atoms with Crippen LogP contribution in [0.3, 0.4) is 0 Å². The van der Waals surface area contributed by atoms with Gasteiger partial charge >= 0.3 is 0 Å². The monoisotopic (exact) mass is 354 g/mol. The molecule has 3 rings (SSSR count). The van der Waals surface area contributed by atoms with E-state index >= 15 is 0 Å². The quantitative estimate of drug-likeness (QED) is 0.539. The average molecular weight is 354 g/mol. The Kier molecular flexibility index (Phi) is 4.83. The van der Waals surface area contributed by atoms with Crippen LogP contribution in [-0.4, -0.2) is 27.0 Å². The minimum Gasteiger partial charge on any atom is -0.494 e. The molecule has 3 aromatic rings. The molecule has 0 bridgehead atoms. The lowest BCUT2D eigenvalue weighted by atomic mass is 10.2. The van der Waals surface area contributed by atoms with E-state index in [2.05, 4.69) is 10.3 Å². The maximum absolute atomic E-state index is 12.6. The van der Waals surface area contributed by atoms with Crippen LogP contribution in [0.4, 0.5) is 11.4 Å². The molecular weight excluding hydrogens is 336 g/mol. The fourth-order valence-corrected chi connectivity index (χ4v) is 2.71. The Morgan fingerprint density at radius 1 is 1.35 bits per heavy atom. The summed E-state index contributed by atoms with van der Waals surface area (Å²) in [6.07, 6.45) is 1.44. The summed E-state index contributed by atoms with van der Waals surface area (Å²) in [6, 6.07) is 11.0. The lowest BCUT2D eigenvalue weighted by molar-refractivity contribution is -0.383. The normalized spacial score (nSPS) is 11.9. The van der Waals surface area contributed by atoms with E-state index in [1.54, 1.807) is 43.3 Å². The number of imidazole rings is 1. The molecule has 0 aliphatic carbocycles. The number of carbonyl (C=O) groups excluding carboxylic acids is 1. The van der Waals surface area contributed by atoms with Gasteiger partial charge in [0, 0.05) is 17.8 Å². The van der Waals surface area contributed by atoms with Gasteiger partial charge in [-0.15, -0.1) is 0 Å². The number of nitro benzene ring substituents is 1. The molecule has 26 heavy (non-hydrogen) atoms. The van der Waals surface area contributed by atoms with Gasteiger partial charge in [-0.3, -0.25) is 14.9 Å². The topological polar surface area (TPSA) is 99.3 Å². The Morgan fingerprint density at radius 2 is 2.12 bits per heavy atom. The molecule has 1 heterocycles. The lowest BCUT2D eigenvalue weighted by Crippen LogP contribution is -2.23. The van der Waals surface area contributed by atoms with Crippen molar-refractivity contribution in [1.29, 1.82) is 0 Å². The Morgan fingerprint density at radius 3 is 2.85 bits per heavy atom. The van der Waals surface area contributed by atoms with Gasteiger partial charge in [-0.25, -0.2) is 4.98 Å². The number of fused-ring (bicyclic) bond motifs is 1. The van der Waals surface area contributed by atoms with E-state index in [0.29, 0.717) is 29.1 Å². The van der Waals surface area contributed by atoms with Crippen LogP contribution in [0.5, 0.6) is 5.75 Å². The summed E-state index contributed by atoms with van der Waals surface area (Å²) < 4.78 is 6.93. The number of non-ortho nitro benzene ring substituents is 1. The highest BCUT2D eigenvalue weighted by Crippen LogP contribution is 2.28. The fourth-order valence-electron chi connectivity index (χ4n) is 2.71. The second kappa shape index (κ2) is 7.22. The Balaban J connectivity index is 1.88. The third-order valence-corrected chi connectivity index (χ3v) is 3.98. The fraction of sp³-hybridized carbons (Fsp3) is 0.222. The van der Waals surface area contributed by atoms with Crippen molar-refractivity contribution < 1.29 is 14.5 Å². The van der Waals surface area contributed by atoms with E-state index in [0.717, 1.165) is 0 Å².